The van der Waals surface area contributed by atoms with E-state index in [1.807, 2.05) is 0 Å². The molecule has 1 aliphatic rings. The summed E-state index contributed by atoms with van der Waals surface area (Å²) in [5.41, 5.74) is 4.17. The molecule has 0 radical (unpaired) electrons. The van der Waals surface area contributed by atoms with Gasteiger partial charge in [0.15, 0.2) is 0 Å². The summed E-state index contributed by atoms with van der Waals surface area (Å²) in [6, 6.07) is 19.5. The van der Waals surface area contributed by atoms with Crippen LogP contribution in [-0.2, 0) is 6.54 Å². The zero-order valence-electron chi connectivity index (χ0n) is 16.1. The van der Waals surface area contributed by atoms with E-state index in [1.54, 1.807) is 0 Å². The fourth-order valence-electron chi connectivity index (χ4n) is 3.91. The zero-order chi connectivity index (χ0) is 17.4. The van der Waals surface area contributed by atoms with Crippen LogP contribution in [0.2, 0.25) is 25.7 Å². The number of nitrogens with zero attached hydrogens (tertiary/aromatic N) is 2. The molecule has 1 aliphatic heterocycles. The van der Waals surface area contributed by atoms with E-state index in [4.69, 9.17) is 0 Å². The van der Waals surface area contributed by atoms with Crippen LogP contribution in [0.4, 0.5) is 5.69 Å². The van der Waals surface area contributed by atoms with Gasteiger partial charge in [0.2, 0.25) is 11.0 Å². The molecular formula is C22H29IN2Si. The number of halogens is 1. The van der Waals surface area contributed by atoms with E-state index in [0.717, 1.165) is 6.54 Å². The van der Waals surface area contributed by atoms with Crippen molar-refractivity contribution in [3.63, 3.8) is 0 Å². The Balaban J connectivity index is 0.00000196. The summed E-state index contributed by atoms with van der Waals surface area (Å²) in [5.74, 6) is 0. The summed E-state index contributed by atoms with van der Waals surface area (Å²) in [6.07, 6.45) is 2.59. The van der Waals surface area contributed by atoms with Crippen molar-refractivity contribution in [2.75, 3.05) is 18.0 Å². The minimum absolute atomic E-state index is 0. The Morgan fingerprint density at radius 2 is 1.69 bits per heavy atom. The van der Waals surface area contributed by atoms with Crippen LogP contribution in [0.1, 0.15) is 12.8 Å². The van der Waals surface area contributed by atoms with Crippen molar-refractivity contribution >= 4 is 35.6 Å². The predicted octanol–water partition coefficient (Wildman–Crippen LogP) is 2.22. The first-order valence-corrected chi connectivity index (χ1v) is 13.3. The van der Waals surface area contributed by atoms with Crippen LogP contribution in [0.25, 0.3) is 21.8 Å². The van der Waals surface area contributed by atoms with E-state index in [0.29, 0.717) is 0 Å². The van der Waals surface area contributed by atoms with Gasteiger partial charge in [-0.25, -0.2) is 0 Å². The molecule has 0 atom stereocenters. The van der Waals surface area contributed by atoms with Crippen molar-refractivity contribution in [2.45, 2.75) is 45.1 Å². The minimum Gasteiger partial charge on any atom is -1.00 e. The van der Waals surface area contributed by atoms with Crippen molar-refractivity contribution < 1.29 is 28.5 Å². The SMILES string of the molecule is C[Si](C)(C)CCC[n+]1c2ccccc2cc2c(N3CCC3)cccc21.[I-]. The second-order valence-electron chi connectivity index (χ2n) is 8.57. The van der Waals surface area contributed by atoms with Gasteiger partial charge >= 0.3 is 0 Å². The smallest absolute Gasteiger partial charge is 0.215 e. The number of hydrogen-bond acceptors (Lipinski definition) is 1. The van der Waals surface area contributed by atoms with Crippen LogP contribution < -0.4 is 33.4 Å². The summed E-state index contributed by atoms with van der Waals surface area (Å²) < 4.78 is 2.56. The molecule has 1 aromatic heterocycles. The maximum atomic E-state index is 2.56. The fourth-order valence-corrected chi connectivity index (χ4v) is 5.13. The maximum absolute atomic E-state index is 2.56. The summed E-state index contributed by atoms with van der Waals surface area (Å²) >= 11 is 0. The Kier molecular flexibility index (Phi) is 5.92. The van der Waals surface area contributed by atoms with Crippen LogP contribution in [-0.4, -0.2) is 21.2 Å². The van der Waals surface area contributed by atoms with Crippen LogP contribution in [0.5, 0.6) is 0 Å². The second kappa shape index (κ2) is 7.85. The van der Waals surface area contributed by atoms with Gasteiger partial charge in [-0.15, -0.1) is 0 Å². The number of para-hydroxylation sites is 1. The van der Waals surface area contributed by atoms with Gasteiger partial charge in [-0.3, -0.25) is 0 Å². The molecule has 2 heterocycles. The largest absolute Gasteiger partial charge is 1.00 e. The molecule has 0 aliphatic carbocycles. The second-order valence-corrected chi connectivity index (χ2v) is 14.2. The standard InChI is InChI=1S/C22H29N2Si.HI/c1-25(2,3)16-8-15-24-20-10-5-4-9-18(20)17-19-21(23-13-7-14-23)11-6-12-22(19)24;/h4-6,9-12,17H,7-8,13-16H2,1-3H3;1H/q+1;/p-1. The third kappa shape index (κ3) is 3.91. The number of anilines is 1. The monoisotopic (exact) mass is 476 g/mol. The molecule has 0 N–H and O–H groups in total. The molecule has 0 spiro atoms. The molecule has 2 aromatic carbocycles. The van der Waals surface area contributed by atoms with E-state index in [9.17, 15) is 0 Å². The van der Waals surface area contributed by atoms with Gasteiger partial charge in [-0.05, 0) is 24.6 Å². The van der Waals surface area contributed by atoms with Gasteiger partial charge in [0.05, 0.1) is 11.1 Å². The predicted molar refractivity (Wildman–Crippen MR) is 111 cm³/mol. The molecule has 0 amide bonds. The summed E-state index contributed by atoms with van der Waals surface area (Å²) in [5, 5.41) is 2.77. The van der Waals surface area contributed by atoms with E-state index < -0.39 is 8.07 Å². The average molecular weight is 476 g/mol. The minimum atomic E-state index is -0.993. The first kappa shape index (κ1) is 19.6. The lowest BCUT2D eigenvalue weighted by molar-refractivity contribution is -0.645. The number of benzene rings is 2. The first-order chi connectivity index (χ1) is 12.0. The first-order valence-electron chi connectivity index (χ1n) is 9.62. The van der Waals surface area contributed by atoms with Crippen molar-refractivity contribution in [3.8, 4) is 0 Å². The average Bonchev–Trinajstić information content (AvgIpc) is 2.52. The number of aromatic nitrogens is 1. The molecule has 2 nitrogen and oxygen atoms in total. The number of rotatable bonds is 5. The van der Waals surface area contributed by atoms with Crippen LogP contribution in [0, 0.1) is 0 Å². The fraction of sp³-hybridized carbons (Fsp3) is 0.409. The van der Waals surface area contributed by atoms with Gasteiger partial charge in [-0.2, -0.15) is 4.57 Å². The lowest BCUT2D eigenvalue weighted by Crippen LogP contribution is -3.00. The topological polar surface area (TPSA) is 7.12 Å². The maximum Gasteiger partial charge on any atom is 0.215 e. The van der Waals surface area contributed by atoms with Gasteiger partial charge in [0.1, 0.15) is 6.54 Å². The van der Waals surface area contributed by atoms with Crippen LogP contribution in [0.3, 0.4) is 0 Å². The number of fused-ring (bicyclic) bond motifs is 2. The van der Waals surface area contributed by atoms with E-state index in [1.165, 1.54) is 59.5 Å². The number of hydrogen-bond donors (Lipinski definition) is 0. The molecule has 4 rings (SSSR count). The van der Waals surface area contributed by atoms with E-state index >= 15 is 0 Å². The highest BCUT2D eigenvalue weighted by Gasteiger charge is 2.22. The molecule has 0 saturated carbocycles. The van der Waals surface area contributed by atoms with Crippen molar-refractivity contribution in [1.82, 2.24) is 0 Å². The quantitative estimate of drug-likeness (QED) is 0.237. The molecule has 4 heteroatoms. The van der Waals surface area contributed by atoms with E-state index in [-0.39, 0.29) is 24.0 Å². The highest BCUT2D eigenvalue weighted by Crippen LogP contribution is 2.30. The highest BCUT2D eigenvalue weighted by molar-refractivity contribution is 6.76. The van der Waals surface area contributed by atoms with Crippen LogP contribution >= 0.6 is 0 Å². The molecule has 138 valence electrons. The number of pyridine rings is 1. The van der Waals surface area contributed by atoms with Gasteiger partial charge in [-0.1, -0.05) is 43.9 Å². The Labute approximate surface area is 175 Å². The van der Waals surface area contributed by atoms with Crippen molar-refractivity contribution in [2.24, 2.45) is 0 Å². The molecule has 1 fully saturated rings. The summed E-state index contributed by atoms with van der Waals surface area (Å²) in [7, 11) is -0.993. The highest BCUT2D eigenvalue weighted by atomic mass is 127. The lowest BCUT2D eigenvalue weighted by Gasteiger charge is -2.33. The zero-order valence-corrected chi connectivity index (χ0v) is 19.3. The molecule has 1 saturated heterocycles. The van der Waals surface area contributed by atoms with E-state index in [2.05, 4.69) is 77.6 Å². The summed E-state index contributed by atoms with van der Waals surface area (Å²) in [4.78, 5) is 2.52. The van der Waals surface area contributed by atoms with Gasteiger partial charge in [0, 0.05) is 45.1 Å². The molecule has 0 bridgehead atoms. The Morgan fingerprint density at radius 3 is 2.38 bits per heavy atom. The molecule has 0 unspecified atom stereocenters. The van der Waals surface area contributed by atoms with Gasteiger partial charge < -0.3 is 28.9 Å². The van der Waals surface area contributed by atoms with Gasteiger partial charge in [0.25, 0.3) is 0 Å². The van der Waals surface area contributed by atoms with Crippen LogP contribution in [0.15, 0.2) is 48.5 Å². The Hall–Kier alpha value is -1.14. The molecular weight excluding hydrogens is 447 g/mol. The molecule has 26 heavy (non-hydrogen) atoms. The third-order valence-corrected chi connectivity index (χ3v) is 7.24. The Bertz CT molecular complexity index is 913. The summed E-state index contributed by atoms with van der Waals surface area (Å²) in [6.45, 7) is 10.9. The normalized spacial score (nSPS) is 14.3. The number of aryl methyl sites for hydroxylation is 1. The molecule has 3 aromatic rings. The Morgan fingerprint density at radius 1 is 0.962 bits per heavy atom. The lowest BCUT2D eigenvalue weighted by atomic mass is 10.1. The third-order valence-electron chi connectivity index (χ3n) is 5.38. The van der Waals surface area contributed by atoms with Crippen molar-refractivity contribution in [3.05, 3.63) is 48.5 Å². The van der Waals surface area contributed by atoms with Crippen molar-refractivity contribution in [1.29, 1.82) is 0 Å².